The average Bonchev–Trinajstić information content (AvgIpc) is 2.99. The van der Waals surface area contributed by atoms with E-state index in [0.29, 0.717) is 24.4 Å². The van der Waals surface area contributed by atoms with Crippen LogP contribution >= 0.6 is 0 Å². The van der Waals surface area contributed by atoms with Crippen LogP contribution in [-0.2, 0) is 9.59 Å². The molecule has 1 aromatic heterocycles. The van der Waals surface area contributed by atoms with Crippen LogP contribution in [0, 0.1) is 0 Å². The highest BCUT2D eigenvalue weighted by atomic mass is 16.5. The Hall–Kier alpha value is -3.35. The molecule has 2 aliphatic heterocycles. The van der Waals surface area contributed by atoms with E-state index in [4.69, 9.17) is 4.74 Å². The van der Waals surface area contributed by atoms with E-state index in [1.165, 1.54) is 11.9 Å². The number of amides is 2. The highest BCUT2D eigenvalue weighted by Gasteiger charge is 2.40. The highest BCUT2D eigenvalue weighted by molar-refractivity contribution is 6.35. The van der Waals surface area contributed by atoms with Gasteiger partial charge in [0.25, 0.3) is 11.8 Å². The number of rotatable bonds is 5. The van der Waals surface area contributed by atoms with Gasteiger partial charge in [-0.3, -0.25) is 14.5 Å². The third kappa shape index (κ3) is 3.75. The molecule has 0 bridgehead atoms. The van der Waals surface area contributed by atoms with Crippen molar-refractivity contribution in [1.29, 1.82) is 0 Å². The summed E-state index contributed by atoms with van der Waals surface area (Å²) in [5.74, 6) is 1.16. The van der Waals surface area contributed by atoms with E-state index < -0.39 is 0 Å². The number of aromatic nitrogens is 1. The lowest BCUT2D eigenvalue weighted by atomic mass is 10.0. The zero-order valence-corrected chi connectivity index (χ0v) is 17.5. The van der Waals surface area contributed by atoms with Gasteiger partial charge in [-0.1, -0.05) is 18.2 Å². The molecule has 2 aliphatic rings. The number of anilines is 1. The van der Waals surface area contributed by atoms with Crippen molar-refractivity contribution in [3.8, 4) is 5.75 Å². The second kappa shape index (κ2) is 8.18. The number of ether oxygens (including phenoxy) is 1. The number of imide groups is 1. The van der Waals surface area contributed by atoms with Crippen molar-refractivity contribution in [2.45, 2.75) is 20.0 Å². The third-order valence-corrected chi connectivity index (χ3v) is 5.35. The lowest BCUT2D eigenvalue weighted by Gasteiger charge is -2.37. The van der Waals surface area contributed by atoms with Gasteiger partial charge in [0.05, 0.1) is 11.7 Å². The van der Waals surface area contributed by atoms with Gasteiger partial charge >= 0.3 is 0 Å². The molecule has 2 amide bonds. The van der Waals surface area contributed by atoms with Crippen LogP contribution in [0.2, 0.25) is 0 Å². The van der Waals surface area contributed by atoms with Gasteiger partial charge in [-0.25, -0.2) is 4.98 Å². The Bertz CT molecular complexity index is 962. The first kappa shape index (κ1) is 19.9. The Morgan fingerprint density at radius 1 is 0.900 bits per heavy atom. The summed E-state index contributed by atoms with van der Waals surface area (Å²) >= 11 is 0. The summed E-state index contributed by atoms with van der Waals surface area (Å²) in [6, 6.07) is 13.2. The SMILES string of the molecule is CC(C)Oc1ccc(C2=C(N3CCN(c4ccccn4)CC3)C(=O)N(C)C2=O)cc1. The zero-order chi connectivity index (χ0) is 21.3. The van der Waals surface area contributed by atoms with Crippen molar-refractivity contribution < 1.29 is 14.3 Å². The molecular formula is C23H26N4O3. The molecule has 0 saturated carbocycles. The first-order chi connectivity index (χ1) is 14.5. The quantitative estimate of drug-likeness (QED) is 0.711. The number of carbonyl (C=O) groups excluding carboxylic acids is 2. The number of piperazine rings is 1. The second-order valence-electron chi connectivity index (χ2n) is 7.75. The summed E-state index contributed by atoms with van der Waals surface area (Å²) in [7, 11) is 1.54. The number of nitrogens with zero attached hydrogens (tertiary/aromatic N) is 4. The Morgan fingerprint density at radius 3 is 2.17 bits per heavy atom. The predicted molar refractivity (Wildman–Crippen MR) is 115 cm³/mol. The van der Waals surface area contributed by atoms with Crippen molar-refractivity contribution >= 4 is 23.2 Å². The first-order valence-electron chi connectivity index (χ1n) is 10.2. The molecular weight excluding hydrogens is 380 g/mol. The summed E-state index contributed by atoms with van der Waals surface area (Å²) in [6.45, 7) is 6.70. The Labute approximate surface area is 176 Å². The van der Waals surface area contributed by atoms with Crippen molar-refractivity contribution in [2.24, 2.45) is 0 Å². The Kier molecular flexibility index (Phi) is 5.44. The van der Waals surface area contributed by atoms with E-state index in [1.54, 1.807) is 6.20 Å². The van der Waals surface area contributed by atoms with Crippen LogP contribution in [0.4, 0.5) is 5.82 Å². The van der Waals surface area contributed by atoms with Crippen LogP contribution in [0.3, 0.4) is 0 Å². The van der Waals surface area contributed by atoms with E-state index in [-0.39, 0.29) is 17.9 Å². The van der Waals surface area contributed by atoms with Crippen LogP contribution in [0.5, 0.6) is 5.75 Å². The molecule has 0 spiro atoms. The van der Waals surface area contributed by atoms with E-state index in [1.807, 2.05) is 61.2 Å². The van der Waals surface area contributed by atoms with Crippen LogP contribution in [0.15, 0.2) is 54.4 Å². The molecule has 30 heavy (non-hydrogen) atoms. The van der Waals surface area contributed by atoms with Crippen molar-refractivity contribution in [1.82, 2.24) is 14.8 Å². The molecule has 0 atom stereocenters. The van der Waals surface area contributed by atoms with E-state index in [0.717, 1.165) is 30.2 Å². The number of pyridine rings is 1. The predicted octanol–water partition coefficient (Wildman–Crippen LogP) is 2.40. The minimum absolute atomic E-state index is 0.0712. The summed E-state index contributed by atoms with van der Waals surface area (Å²) in [4.78, 5) is 35.6. The normalized spacial score (nSPS) is 17.4. The highest BCUT2D eigenvalue weighted by Crippen LogP contribution is 2.32. The van der Waals surface area contributed by atoms with Gasteiger partial charge < -0.3 is 14.5 Å². The largest absolute Gasteiger partial charge is 0.491 e. The molecule has 1 fully saturated rings. The molecule has 3 heterocycles. The van der Waals surface area contributed by atoms with Gasteiger partial charge in [-0.2, -0.15) is 0 Å². The van der Waals surface area contributed by atoms with Crippen molar-refractivity contribution in [2.75, 3.05) is 38.1 Å². The number of hydrogen-bond acceptors (Lipinski definition) is 6. The summed E-state index contributed by atoms with van der Waals surface area (Å²) in [5, 5.41) is 0. The van der Waals surface area contributed by atoms with Gasteiger partial charge in [-0.05, 0) is 43.7 Å². The van der Waals surface area contributed by atoms with Gasteiger partial charge in [0.1, 0.15) is 17.3 Å². The standard InChI is InChI=1S/C23H26N4O3/c1-16(2)30-18-9-7-17(8-10-18)20-21(23(29)25(3)22(20)28)27-14-12-26(13-15-27)19-6-4-5-11-24-19/h4-11,16H,12-15H2,1-3H3. The van der Waals surface area contributed by atoms with Gasteiger partial charge in [-0.15, -0.1) is 0 Å². The van der Waals surface area contributed by atoms with Crippen molar-refractivity contribution in [3.63, 3.8) is 0 Å². The van der Waals surface area contributed by atoms with Gasteiger partial charge in [0.2, 0.25) is 0 Å². The number of likely N-dealkylation sites (N-methyl/N-ethyl adjacent to an activating group) is 1. The fourth-order valence-electron chi connectivity index (χ4n) is 3.85. The average molecular weight is 406 g/mol. The maximum absolute atomic E-state index is 12.9. The summed E-state index contributed by atoms with van der Waals surface area (Å²) < 4.78 is 5.70. The molecule has 156 valence electrons. The lowest BCUT2D eigenvalue weighted by Crippen LogP contribution is -2.47. The van der Waals surface area contributed by atoms with Crippen LogP contribution < -0.4 is 9.64 Å². The number of carbonyl (C=O) groups is 2. The molecule has 1 saturated heterocycles. The second-order valence-corrected chi connectivity index (χ2v) is 7.75. The van der Waals surface area contributed by atoms with Crippen LogP contribution in [0.25, 0.3) is 5.57 Å². The molecule has 1 aromatic carbocycles. The lowest BCUT2D eigenvalue weighted by molar-refractivity contribution is -0.135. The van der Waals surface area contributed by atoms with E-state index >= 15 is 0 Å². The monoisotopic (exact) mass is 406 g/mol. The fraction of sp³-hybridized carbons (Fsp3) is 0.348. The molecule has 0 N–H and O–H groups in total. The van der Waals surface area contributed by atoms with Crippen molar-refractivity contribution in [3.05, 3.63) is 59.9 Å². The van der Waals surface area contributed by atoms with E-state index in [9.17, 15) is 9.59 Å². The minimum atomic E-state index is -0.264. The smallest absolute Gasteiger partial charge is 0.277 e. The fourth-order valence-corrected chi connectivity index (χ4v) is 3.85. The molecule has 0 aliphatic carbocycles. The topological polar surface area (TPSA) is 66.0 Å². The Balaban J connectivity index is 1.60. The van der Waals surface area contributed by atoms with E-state index in [2.05, 4.69) is 9.88 Å². The summed E-state index contributed by atoms with van der Waals surface area (Å²) in [5.41, 5.74) is 1.68. The first-order valence-corrected chi connectivity index (χ1v) is 10.2. The Morgan fingerprint density at radius 2 is 1.57 bits per heavy atom. The molecule has 7 heteroatoms. The maximum atomic E-state index is 12.9. The van der Waals surface area contributed by atoms with Crippen LogP contribution in [0.1, 0.15) is 19.4 Å². The number of hydrogen-bond donors (Lipinski definition) is 0. The molecule has 0 unspecified atom stereocenters. The molecule has 0 radical (unpaired) electrons. The molecule has 4 rings (SSSR count). The number of benzene rings is 1. The third-order valence-electron chi connectivity index (χ3n) is 5.35. The molecule has 7 nitrogen and oxygen atoms in total. The molecule has 2 aromatic rings. The minimum Gasteiger partial charge on any atom is -0.491 e. The van der Waals surface area contributed by atoms with Gasteiger partial charge in [0.15, 0.2) is 0 Å². The van der Waals surface area contributed by atoms with Gasteiger partial charge in [0, 0.05) is 39.4 Å². The van der Waals surface area contributed by atoms with Crippen LogP contribution in [-0.4, -0.2) is 65.9 Å². The summed E-state index contributed by atoms with van der Waals surface area (Å²) in [6.07, 6.45) is 1.85. The maximum Gasteiger partial charge on any atom is 0.277 e. The zero-order valence-electron chi connectivity index (χ0n) is 17.5.